The molecule has 3 rings (SSSR count). The lowest BCUT2D eigenvalue weighted by Gasteiger charge is -2.14. The Kier molecular flexibility index (Phi) is 6.61. The first-order chi connectivity index (χ1) is 14.0. The van der Waals surface area contributed by atoms with Crippen LogP contribution >= 0.6 is 0 Å². The number of hydrogen-bond acceptors (Lipinski definition) is 4. The summed E-state index contributed by atoms with van der Waals surface area (Å²) in [5.74, 6) is -0.596. The van der Waals surface area contributed by atoms with E-state index in [0.717, 1.165) is 12.0 Å². The van der Waals surface area contributed by atoms with E-state index in [0.29, 0.717) is 42.1 Å². The van der Waals surface area contributed by atoms with E-state index in [1.165, 1.54) is 0 Å². The third kappa shape index (κ3) is 5.20. The maximum atomic E-state index is 12.7. The number of amides is 3. The van der Waals surface area contributed by atoms with Gasteiger partial charge < -0.3 is 20.7 Å². The van der Waals surface area contributed by atoms with Gasteiger partial charge >= 0.3 is 0 Å². The molecular weight excluding hydrogens is 370 g/mol. The van der Waals surface area contributed by atoms with Gasteiger partial charge in [-0.1, -0.05) is 19.1 Å². The third-order valence-electron chi connectivity index (χ3n) is 4.79. The standard InChI is InChI=1S/C22H25N3O4/c1-3-20(26)24-17-9-5-10-18(14(17)2)25-21(27)15-7-4-8-16(13-15)23-22(28)19-11-6-12-29-19/h4-5,7-10,13,19H,3,6,11-12H2,1-2H3,(H,23,28)(H,24,26)(H,25,27). The van der Waals surface area contributed by atoms with Gasteiger partial charge in [0.25, 0.3) is 11.8 Å². The molecular formula is C22H25N3O4. The number of benzene rings is 2. The Morgan fingerprint density at radius 2 is 1.76 bits per heavy atom. The first-order valence-electron chi connectivity index (χ1n) is 9.71. The Bertz CT molecular complexity index is 920. The van der Waals surface area contributed by atoms with Crippen molar-refractivity contribution in [3.05, 3.63) is 53.6 Å². The number of anilines is 3. The van der Waals surface area contributed by atoms with E-state index in [-0.39, 0.29) is 17.7 Å². The number of rotatable bonds is 6. The van der Waals surface area contributed by atoms with Crippen molar-refractivity contribution in [3.63, 3.8) is 0 Å². The zero-order valence-corrected chi connectivity index (χ0v) is 16.6. The number of carbonyl (C=O) groups excluding carboxylic acids is 3. The van der Waals surface area contributed by atoms with Crippen LogP contribution in [0.4, 0.5) is 17.1 Å². The Morgan fingerprint density at radius 3 is 2.45 bits per heavy atom. The highest BCUT2D eigenvalue weighted by atomic mass is 16.5. The minimum atomic E-state index is -0.434. The Balaban J connectivity index is 1.70. The van der Waals surface area contributed by atoms with Gasteiger partial charge in [-0.25, -0.2) is 0 Å². The van der Waals surface area contributed by atoms with E-state index >= 15 is 0 Å². The summed E-state index contributed by atoms with van der Waals surface area (Å²) in [7, 11) is 0. The molecule has 1 saturated heterocycles. The minimum Gasteiger partial charge on any atom is -0.368 e. The molecule has 0 aromatic heterocycles. The zero-order valence-electron chi connectivity index (χ0n) is 16.6. The summed E-state index contributed by atoms with van der Waals surface area (Å²) >= 11 is 0. The van der Waals surface area contributed by atoms with Crippen LogP contribution in [-0.2, 0) is 14.3 Å². The van der Waals surface area contributed by atoms with Gasteiger partial charge in [0, 0.05) is 35.7 Å². The molecule has 152 valence electrons. The first-order valence-corrected chi connectivity index (χ1v) is 9.71. The molecule has 7 heteroatoms. The lowest BCUT2D eigenvalue weighted by atomic mass is 10.1. The average Bonchev–Trinajstić information content (AvgIpc) is 3.26. The minimum absolute atomic E-state index is 0.0914. The fourth-order valence-corrected chi connectivity index (χ4v) is 3.08. The smallest absolute Gasteiger partial charge is 0.255 e. The number of carbonyl (C=O) groups is 3. The summed E-state index contributed by atoms with van der Waals surface area (Å²) in [6.45, 7) is 4.21. The van der Waals surface area contributed by atoms with Crippen LogP contribution in [0, 0.1) is 6.92 Å². The lowest BCUT2D eigenvalue weighted by molar-refractivity contribution is -0.124. The van der Waals surface area contributed by atoms with Gasteiger partial charge in [-0.15, -0.1) is 0 Å². The van der Waals surface area contributed by atoms with Gasteiger partial charge in [-0.2, -0.15) is 0 Å². The Hall–Kier alpha value is -3.19. The van der Waals surface area contributed by atoms with Crippen molar-refractivity contribution in [1.82, 2.24) is 0 Å². The second-order valence-corrected chi connectivity index (χ2v) is 6.91. The number of ether oxygens (including phenoxy) is 1. The molecule has 1 aliphatic heterocycles. The summed E-state index contributed by atoms with van der Waals surface area (Å²) < 4.78 is 5.38. The van der Waals surface area contributed by atoms with Crippen molar-refractivity contribution >= 4 is 34.8 Å². The van der Waals surface area contributed by atoms with E-state index in [1.54, 1.807) is 49.4 Å². The van der Waals surface area contributed by atoms with Gasteiger partial charge in [0.05, 0.1) is 0 Å². The molecule has 0 bridgehead atoms. The van der Waals surface area contributed by atoms with E-state index in [1.807, 2.05) is 6.92 Å². The molecule has 3 N–H and O–H groups in total. The third-order valence-corrected chi connectivity index (χ3v) is 4.79. The predicted octanol–water partition coefficient (Wildman–Crippen LogP) is 3.71. The molecule has 0 saturated carbocycles. The number of hydrogen-bond donors (Lipinski definition) is 3. The monoisotopic (exact) mass is 395 g/mol. The topological polar surface area (TPSA) is 96.5 Å². The highest BCUT2D eigenvalue weighted by Crippen LogP contribution is 2.24. The molecule has 0 spiro atoms. The molecule has 7 nitrogen and oxygen atoms in total. The molecule has 29 heavy (non-hydrogen) atoms. The molecule has 2 aromatic carbocycles. The Labute approximate surface area is 169 Å². The summed E-state index contributed by atoms with van der Waals surface area (Å²) in [6.07, 6.45) is 1.52. The van der Waals surface area contributed by atoms with Crippen molar-refractivity contribution in [2.75, 3.05) is 22.6 Å². The van der Waals surface area contributed by atoms with Crippen molar-refractivity contribution in [2.45, 2.75) is 39.2 Å². The van der Waals surface area contributed by atoms with Crippen molar-refractivity contribution in [1.29, 1.82) is 0 Å². The highest BCUT2D eigenvalue weighted by molar-refractivity contribution is 6.06. The summed E-state index contributed by atoms with van der Waals surface area (Å²) in [5, 5.41) is 8.49. The largest absolute Gasteiger partial charge is 0.368 e. The Morgan fingerprint density at radius 1 is 1.03 bits per heavy atom. The van der Waals surface area contributed by atoms with E-state index in [4.69, 9.17) is 4.74 Å². The lowest BCUT2D eigenvalue weighted by Crippen LogP contribution is -2.27. The molecule has 3 amide bonds. The van der Waals surface area contributed by atoms with Crippen LogP contribution < -0.4 is 16.0 Å². The van der Waals surface area contributed by atoms with E-state index in [9.17, 15) is 14.4 Å². The van der Waals surface area contributed by atoms with Crippen LogP contribution in [-0.4, -0.2) is 30.4 Å². The van der Waals surface area contributed by atoms with Crippen LogP contribution in [0.1, 0.15) is 42.1 Å². The summed E-state index contributed by atoms with van der Waals surface area (Å²) in [6, 6.07) is 12.1. The molecule has 1 aliphatic rings. The normalized spacial score (nSPS) is 15.6. The molecule has 1 fully saturated rings. The number of nitrogens with one attached hydrogen (secondary N) is 3. The van der Waals surface area contributed by atoms with Gasteiger partial charge in [0.1, 0.15) is 6.10 Å². The van der Waals surface area contributed by atoms with Gasteiger partial charge in [0.2, 0.25) is 5.91 Å². The fraction of sp³-hybridized carbons (Fsp3) is 0.318. The van der Waals surface area contributed by atoms with Crippen molar-refractivity contribution in [3.8, 4) is 0 Å². The van der Waals surface area contributed by atoms with Gasteiger partial charge in [-0.3, -0.25) is 14.4 Å². The summed E-state index contributed by atoms with van der Waals surface area (Å²) in [5.41, 5.74) is 2.99. The van der Waals surface area contributed by atoms with Crippen LogP contribution in [0.5, 0.6) is 0 Å². The molecule has 1 unspecified atom stereocenters. The highest BCUT2D eigenvalue weighted by Gasteiger charge is 2.23. The van der Waals surface area contributed by atoms with Crippen LogP contribution in [0.25, 0.3) is 0 Å². The molecule has 2 aromatic rings. The van der Waals surface area contributed by atoms with Crippen LogP contribution in [0.3, 0.4) is 0 Å². The quantitative estimate of drug-likeness (QED) is 0.695. The second kappa shape index (κ2) is 9.34. The van der Waals surface area contributed by atoms with Crippen LogP contribution in [0.15, 0.2) is 42.5 Å². The van der Waals surface area contributed by atoms with Gasteiger partial charge in [0.15, 0.2) is 0 Å². The maximum absolute atomic E-state index is 12.7. The van der Waals surface area contributed by atoms with Gasteiger partial charge in [-0.05, 0) is 55.7 Å². The molecule has 1 heterocycles. The SMILES string of the molecule is CCC(=O)Nc1cccc(NC(=O)c2cccc(NC(=O)C3CCCO3)c2)c1C. The second-order valence-electron chi connectivity index (χ2n) is 6.91. The predicted molar refractivity (Wildman–Crippen MR) is 112 cm³/mol. The zero-order chi connectivity index (χ0) is 20.8. The summed E-state index contributed by atoms with van der Waals surface area (Å²) in [4.78, 5) is 36.6. The maximum Gasteiger partial charge on any atom is 0.255 e. The molecule has 0 aliphatic carbocycles. The first kappa shape index (κ1) is 20.5. The van der Waals surface area contributed by atoms with Crippen molar-refractivity contribution in [2.24, 2.45) is 0 Å². The molecule has 1 atom stereocenters. The molecule has 0 radical (unpaired) electrons. The van der Waals surface area contributed by atoms with E-state index < -0.39 is 6.10 Å². The van der Waals surface area contributed by atoms with Crippen molar-refractivity contribution < 1.29 is 19.1 Å². The fourth-order valence-electron chi connectivity index (χ4n) is 3.08. The average molecular weight is 395 g/mol. The van der Waals surface area contributed by atoms with Crippen LogP contribution in [0.2, 0.25) is 0 Å². The van der Waals surface area contributed by atoms with E-state index in [2.05, 4.69) is 16.0 Å².